The third kappa shape index (κ3) is 3.74. The zero-order valence-electron chi connectivity index (χ0n) is 14.5. The molecule has 8 heteroatoms. The van der Waals surface area contributed by atoms with Crippen LogP contribution in [0.1, 0.15) is 23.7 Å². The Morgan fingerprint density at radius 2 is 1.80 bits per heavy atom. The highest BCUT2D eigenvalue weighted by atomic mass is 32.2. The van der Waals surface area contributed by atoms with Crippen molar-refractivity contribution < 1.29 is 8.42 Å². The predicted molar refractivity (Wildman–Crippen MR) is 96.0 cm³/mol. The summed E-state index contributed by atoms with van der Waals surface area (Å²) in [6.07, 6.45) is 4.56. The molecular weight excluding hydrogens is 338 g/mol. The SMILES string of the molecule is CCn1ncc(S(=O)(=O)Nc2cnn(Cc3ccc(C)cc3)c2)c1C. The molecule has 0 spiro atoms. The molecular formula is C17H21N5O2S. The molecule has 0 saturated carbocycles. The minimum Gasteiger partial charge on any atom is -0.276 e. The second-order valence-corrected chi connectivity index (χ2v) is 7.58. The van der Waals surface area contributed by atoms with Crippen molar-refractivity contribution in [3.8, 4) is 0 Å². The van der Waals surface area contributed by atoms with Crippen LogP contribution in [0.5, 0.6) is 0 Å². The van der Waals surface area contributed by atoms with Gasteiger partial charge in [-0.05, 0) is 26.3 Å². The molecule has 0 fully saturated rings. The van der Waals surface area contributed by atoms with Crippen molar-refractivity contribution in [3.63, 3.8) is 0 Å². The molecule has 0 radical (unpaired) electrons. The molecule has 7 nitrogen and oxygen atoms in total. The Hall–Kier alpha value is -2.61. The maximum absolute atomic E-state index is 12.6. The minimum atomic E-state index is -3.69. The molecule has 0 atom stereocenters. The summed E-state index contributed by atoms with van der Waals surface area (Å²) < 4.78 is 31.0. The Morgan fingerprint density at radius 3 is 2.44 bits per heavy atom. The van der Waals surface area contributed by atoms with Gasteiger partial charge in [0.1, 0.15) is 4.90 Å². The van der Waals surface area contributed by atoms with Gasteiger partial charge in [0.15, 0.2) is 0 Å². The fourth-order valence-electron chi connectivity index (χ4n) is 2.61. The molecule has 2 heterocycles. The lowest BCUT2D eigenvalue weighted by atomic mass is 10.1. The average Bonchev–Trinajstić information content (AvgIpc) is 3.15. The minimum absolute atomic E-state index is 0.181. The molecule has 0 bridgehead atoms. The first-order chi connectivity index (χ1) is 11.9. The molecule has 0 aliphatic carbocycles. The first-order valence-electron chi connectivity index (χ1n) is 8.02. The maximum atomic E-state index is 12.6. The van der Waals surface area contributed by atoms with Gasteiger partial charge in [-0.1, -0.05) is 29.8 Å². The van der Waals surface area contributed by atoms with Gasteiger partial charge in [-0.25, -0.2) is 8.42 Å². The number of hydrogen-bond acceptors (Lipinski definition) is 4. The molecule has 0 aliphatic rings. The highest BCUT2D eigenvalue weighted by Gasteiger charge is 2.21. The van der Waals surface area contributed by atoms with E-state index in [0.717, 1.165) is 5.56 Å². The summed E-state index contributed by atoms with van der Waals surface area (Å²) in [5, 5.41) is 8.31. The van der Waals surface area contributed by atoms with Crippen LogP contribution in [0.4, 0.5) is 5.69 Å². The second kappa shape index (κ2) is 6.72. The topological polar surface area (TPSA) is 81.8 Å². The first kappa shape index (κ1) is 17.2. The van der Waals surface area contributed by atoms with E-state index in [0.29, 0.717) is 24.5 Å². The van der Waals surface area contributed by atoms with Gasteiger partial charge in [0.05, 0.1) is 30.3 Å². The quantitative estimate of drug-likeness (QED) is 0.733. The number of hydrogen-bond donors (Lipinski definition) is 1. The van der Waals surface area contributed by atoms with Crippen molar-refractivity contribution in [1.29, 1.82) is 0 Å². The summed E-state index contributed by atoms with van der Waals surface area (Å²) in [7, 11) is -3.69. The zero-order chi connectivity index (χ0) is 18.0. The molecule has 25 heavy (non-hydrogen) atoms. The van der Waals surface area contributed by atoms with Crippen LogP contribution in [0.3, 0.4) is 0 Å². The molecule has 3 rings (SSSR count). The number of anilines is 1. The van der Waals surface area contributed by atoms with E-state index in [-0.39, 0.29) is 4.90 Å². The number of nitrogens with one attached hydrogen (secondary N) is 1. The van der Waals surface area contributed by atoms with Crippen molar-refractivity contribution in [2.45, 2.75) is 38.8 Å². The highest BCUT2D eigenvalue weighted by molar-refractivity contribution is 7.92. The van der Waals surface area contributed by atoms with E-state index in [4.69, 9.17) is 0 Å². The lowest BCUT2D eigenvalue weighted by Gasteiger charge is -2.06. The van der Waals surface area contributed by atoms with Gasteiger partial charge in [0.25, 0.3) is 10.0 Å². The molecule has 0 aliphatic heterocycles. The monoisotopic (exact) mass is 359 g/mol. The molecule has 2 aromatic heterocycles. The molecule has 0 saturated heterocycles. The number of aryl methyl sites for hydroxylation is 2. The Labute approximate surface area is 147 Å². The van der Waals surface area contributed by atoms with Gasteiger partial charge in [-0.2, -0.15) is 10.2 Å². The van der Waals surface area contributed by atoms with E-state index < -0.39 is 10.0 Å². The third-order valence-corrected chi connectivity index (χ3v) is 5.48. The maximum Gasteiger partial charge on any atom is 0.265 e. The van der Waals surface area contributed by atoms with E-state index >= 15 is 0 Å². The third-order valence-electron chi connectivity index (χ3n) is 4.00. The number of aromatic nitrogens is 4. The van der Waals surface area contributed by atoms with Gasteiger partial charge in [-0.15, -0.1) is 0 Å². The smallest absolute Gasteiger partial charge is 0.265 e. The fourth-order valence-corrected chi connectivity index (χ4v) is 3.81. The molecule has 0 unspecified atom stereocenters. The standard InChI is InChI=1S/C17H21N5O2S/c1-4-22-14(3)17(10-19-22)25(23,24)20-16-9-18-21(12-16)11-15-7-5-13(2)6-8-15/h5-10,12,20H,4,11H2,1-3H3. The van der Waals surface area contributed by atoms with E-state index in [1.807, 2.05) is 38.1 Å². The van der Waals surface area contributed by atoms with E-state index in [1.165, 1.54) is 18.0 Å². The molecule has 1 N–H and O–H groups in total. The van der Waals surface area contributed by atoms with E-state index in [1.54, 1.807) is 22.5 Å². The second-order valence-electron chi connectivity index (χ2n) is 5.93. The largest absolute Gasteiger partial charge is 0.276 e. The average molecular weight is 359 g/mol. The van der Waals surface area contributed by atoms with Gasteiger partial charge < -0.3 is 0 Å². The fraction of sp³-hybridized carbons (Fsp3) is 0.294. The summed E-state index contributed by atoms with van der Waals surface area (Å²) in [5.41, 5.74) is 3.33. The van der Waals surface area contributed by atoms with Gasteiger partial charge in [0, 0.05) is 12.7 Å². The summed E-state index contributed by atoms with van der Waals surface area (Å²) in [6.45, 7) is 6.89. The molecule has 132 valence electrons. The van der Waals surface area contributed by atoms with Crippen molar-refractivity contribution >= 4 is 15.7 Å². The number of rotatable bonds is 6. The van der Waals surface area contributed by atoms with Crippen molar-refractivity contribution in [2.75, 3.05) is 4.72 Å². The number of sulfonamides is 1. The van der Waals surface area contributed by atoms with E-state index in [2.05, 4.69) is 14.9 Å². The normalized spacial score (nSPS) is 11.6. The van der Waals surface area contributed by atoms with Gasteiger partial charge in [-0.3, -0.25) is 14.1 Å². The Kier molecular flexibility index (Phi) is 4.63. The summed E-state index contributed by atoms with van der Waals surface area (Å²) in [6, 6.07) is 8.14. The Morgan fingerprint density at radius 1 is 1.08 bits per heavy atom. The van der Waals surface area contributed by atoms with Crippen molar-refractivity contribution in [2.24, 2.45) is 0 Å². The van der Waals surface area contributed by atoms with Crippen LogP contribution in [-0.4, -0.2) is 28.0 Å². The van der Waals surface area contributed by atoms with Gasteiger partial charge >= 0.3 is 0 Å². The van der Waals surface area contributed by atoms with Crippen LogP contribution in [0.2, 0.25) is 0 Å². The summed E-state index contributed by atoms with van der Waals surface area (Å²) in [5.74, 6) is 0. The molecule has 1 aromatic carbocycles. The van der Waals surface area contributed by atoms with Crippen LogP contribution in [0.25, 0.3) is 0 Å². The lowest BCUT2D eigenvalue weighted by Crippen LogP contribution is -2.13. The lowest BCUT2D eigenvalue weighted by molar-refractivity contribution is 0.598. The van der Waals surface area contributed by atoms with Gasteiger partial charge in [0.2, 0.25) is 0 Å². The zero-order valence-corrected chi connectivity index (χ0v) is 15.3. The molecule has 0 amide bonds. The summed E-state index contributed by atoms with van der Waals surface area (Å²) >= 11 is 0. The first-order valence-corrected chi connectivity index (χ1v) is 9.50. The van der Waals surface area contributed by atoms with E-state index in [9.17, 15) is 8.42 Å². The predicted octanol–water partition coefficient (Wildman–Crippen LogP) is 2.57. The van der Waals surface area contributed by atoms with Crippen LogP contribution >= 0.6 is 0 Å². The van der Waals surface area contributed by atoms with Crippen LogP contribution in [-0.2, 0) is 23.1 Å². The number of benzene rings is 1. The van der Waals surface area contributed by atoms with Crippen LogP contribution < -0.4 is 4.72 Å². The van der Waals surface area contributed by atoms with Crippen LogP contribution in [0.15, 0.2) is 47.8 Å². The van der Waals surface area contributed by atoms with Crippen molar-refractivity contribution in [1.82, 2.24) is 19.6 Å². The Bertz CT molecular complexity index is 971. The summed E-state index contributed by atoms with van der Waals surface area (Å²) in [4.78, 5) is 0.181. The molecule has 3 aromatic rings. The number of nitrogens with zero attached hydrogens (tertiary/aromatic N) is 4. The van der Waals surface area contributed by atoms with Crippen molar-refractivity contribution in [3.05, 3.63) is 59.7 Å². The Balaban J connectivity index is 1.76. The van der Waals surface area contributed by atoms with Crippen LogP contribution in [0, 0.1) is 13.8 Å². The highest BCUT2D eigenvalue weighted by Crippen LogP contribution is 2.19.